The monoisotopic (exact) mass is 790 g/mol. The molecule has 0 bridgehead atoms. The number of fused-ring (bicyclic) bond motifs is 1. The lowest BCUT2D eigenvalue weighted by atomic mass is 9.94. The largest absolute Gasteiger partial charge is 0.387 e. The number of hydrogen-bond donors (Lipinski definition) is 4. The topological polar surface area (TPSA) is 95.6 Å². The summed E-state index contributed by atoms with van der Waals surface area (Å²) in [6, 6.07) is 29.7. The maximum Gasteiger partial charge on any atom is 0.270 e. The minimum Gasteiger partial charge on any atom is -0.387 e. The van der Waals surface area contributed by atoms with E-state index in [9.17, 15) is 45.7 Å². The van der Waals surface area contributed by atoms with Gasteiger partial charge in [0, 0.05) is 42.0 Å². The van der Waals surface area contributed by atoms with Gasteiger partial charge in [0.25, 0.3) is 17.8 Å². The summed E-state index contributed by atoms with van der Waals surface area (Å²) in [5.74, 6) is -7.91. The van der Waals surface area contributed by atoms with Crippen molar-refractivity contribution >= 4 is 16.7 Å². The van der Waals surface area contributed by atoms with Crippen LogP contribution in [0.2, 0.25) is 0 Å². The molecule has 0 aliphatic rings. The Morgan fingerprint density at radius 2 is 1.09 bits per heavy atom. The van der Waals surface area contributed by atoms with Crippen LogP contribution in [0.1, 0.15) is 69.8 Å². The summed E-state index contributed by atoms with van der Waals surface area (Å²) in [6.07, 6.45) is -2.00. The predicted octanol–water partition coefficient (Wildman–Crippen LogP) is 9.85. The van der Waals surface area contributed by atoms with Gasteiger partial charge >= 0.3 is 0 Å². The van der Waals surface area contributed by atoms with Crippen LogP contribution >= 0.6 is 0 Å². The highest BCUT2D eigenvalue weighted by atomic mass is 19.3. The molecule has 0 aliphatic carbocycles. The van der Waals surface area contributed by atoms with Gasteiger partial charge in [-0.1, -0.05) is 84.9 Å². The van der Waals surface area contributed by atoms with Crippen LogP contribution in [0.4, 0.5) is 30.7 Å². The number of hydrogen-bond acceptors (Lipinski definition) is 4. The van der Waals surface area contributed by atoms with Crippen molar-refractivity contribution in [2.45, 2.75) is 62.8 Å². The molecule has 57 heavy (non-hydrogen) atoms. The normalized spacial score (nSPS) is 13.9. The minimum absolute atomic E-state index is 0.0212. The number of alkyl halides is 4. The van der Waals surface area contributed by atoms with Gasteiger partial charge in [0.05, 0.1) is 18.2 Å². The molecule has 6 aromatic carbocycles. The van der Waals surface area contributed by atoms with Gasteiger partial charge in [-0.3, -0.25) is 4.79 Å². The van der Waals surface area contributed by atoms with Crippen LogP contribution in [-0.4, -0.2) is 28.2 Å². The number of amides is 1. The first-order valence-corrected chi connectivity index (χ1v) is 18.0. The summed E-state index contributed by atoms with van der Waals surface area (Å²) in [5, 5.41) is 24.7. The molecule has 0 heterocycles. The predicted molar refractivity (Wildman–Crippen MR) is 205 cm³/mol. The molecule has 0 aliphatic heterocycles. The minimum atomic E-state index is -3.06. The average Bonchev–Trinajstić information content (AvgIpc) is 3.18. The van der Waals surface area contributed by atoms with Gasteiger partial charge in [-0.25, -0.2) is 30.7 Å². The highest BCUT2D eigenvalue weighted by molar-refractivity contribution is 6.07. The molecular formula is C45H41F7N2O3. The van der Waals surface area contributed by atoms with Crippen molar-refractivity contribution in [2.75, 3.05) is 0 Å². The zero-order valence-corrected chi connectivity index (χ0v) is 31.0. The van der Waals surface area contributed by atoms with Crippen molar-refractivity contribution in [2.24, 2.45) is 5.73 Å². The number of carbonyl (C=O) groups is 1. The number of aliphatic hydroxyl groups excluding tert-OH is 2. The fourth-order valence-electron chi connectivity index (χ4n) is 6.33. The van der Waals surface area contributed by atoms with Gasteiger partial charge in [-0.2, -0.15) is 0 Å². The summed E-state index contributed by atoms with van der Waals surface area (Å²) in [5.41, 5.74) is 7.79. The van der Waals surface area contributed by atoms with E-state index in [1.165, 1.54) is 91.0 Å². The Balaban J connectivity index is 0.000000242. The lowest BCUT2D eigenvalue weighted by molar-refractivity contribution is 0.0167. The summed E-state index contributed by atoms with van der Waals surface area (Å²) < 4.78 is 94.9. The van der Waals surface area contributed by atoms with Gasteiger partial charge in [-0.15, -0.1) is 0 Å². The van der Waals surface area contributed by atoms with E-state index in [4.69, 9.17) is 5.73 Å². The van der Waals surface area contributed by atoms with Crippen molar-refractivity contribution in [3.05, 3.63) is 190 Å². The first kappa shape index (κ1) is 42.6. The standard InChI is InChI=1S/C28H23F4NO2.C17H18F3NO/c1-28(31,32)19-6-4-5-17(15-19)16-25(26(34)18-9-11-20(29)12-10-18)33-27(35)23-13-14-24(30)22-8-3-2-7-21(22)23;1-17(19,20)13-4-2-3-11(9-13)10-15(21)16(22)12-5-7-14(18)8-6-12/h2-15,25-26,34H,16H2,1H3,(H,33,35);2-9,15-16,22H,10,21H2,1H3. The van der Waals surface area contributed by atoms with E-state index in [1.54, 1.807) is 42.5 Å². The molecule has 4 atom stereocenters. The van der Waals surface area contributed by atoms with E-state index in [-0.39, 0.29) is 34.9 Å². The van der Waals surface area contributed by atoms with Crippen LogP contribution in [0.3, 0.4) is 0 Å². The van der Waals surface area contributed by atoms with Gasteiger partial charge in [0.15, 0.2) is 0 Å². The zero-order chi connectivity index (χ0) is 41.5. The lowest BCUT2D eigenvalue weighted by Crippen LogP contribution is -2.41. The Bertz CT molecular complexity index is 2270. The number of rotatable bonds is 12. The number of carbonyl (C=O) groups excluding carboxylic acids is 1. The quantitative estimate of drug-likeness (QED) is 0.0929. The second-order valence-corrected chi connectivity index (χ2v) is 14.0. The lowest BCUT2D eigenvalue weighted by Gasteiger charge is -2.25. The van der Waals surface area contributed by atoms with Crippen molar-refractivity contribution in [1.29, 1.82) is 0 Å². The molecule has 4 unspecified atom stereocenters. The highest BCUT2D eigenvalue weighted by Crippen LogP contribution is 2.30. The summed E-state index contributed by atoms with van der Waals surface area (Å²) >= 11 is 0. The molecule has 6 aromatic rings. The fraction of sp³-hybridized carbons (Fsp3) is 0.222. The van der Waals surface area contributed by atoms with E-state index in [2.05, 4.69) is 5.32 Å². The highest BCUT2D eigenvalue weighted by Gasteiger charge is 2.28. The van der Waals surface area contributed by atoms with Crippen LogP contribution in [0.25, 0.3) is 10.8 Å². The smallest absolute Gasteiger partial charge is 0.270 e. The Kier molecular flexibility index (Phi) is 13.6. The molecule has 5 N–H and O–H groups in total. The maximum atomic E-state index is 14.2. The number of aliphatic hydroxyl groups is 2. The first-order chi connectivity index (χ1) is 26.9. The maximum absolute atomic E-state index is 14.2. The van der Waals surface area contributed by atoms with E-state index in [0.29, 0.717) is 27.6 Å². The molecule has 0 radical (unpaired) electrons. The van der Waals surface area contributed by atoms with Gasteiger partial charge in [0.2, 0.25) is 0 Å². The molecule has 0 saturated heterocycles. The second kappa shape index (κ2) is 18.1. The Morgan fingerprint density at radius 3 is 1.60 bits per heavy atom. The molecule has 12 heteroatoms. The third-order valence-electron chi connectivity index (χ3n) is 9.44. The third-order valence-corrected chi connectivity index (χ3v) is 9.44. The first-order valence-electron chi connectivity index (χ1n) is 18.0. The Morgan fingerprint density at radius 1 is 0.614 bits per heavy atom. The average molecular weight is 791 g/mol. The van der Waals surface area contributed by atoms with Crippen molar-refractivity contribution in [3.8, 4) is 0 Å². The number of benzene rings is 6. The molecule has 0 aromatic heterocycles. The fourth-order valence-corrected chi connectivity index (χ4v) is 6.33. The van der Waals surface area contributed by atoms with Gasteiger partial charge in [-0.05, 0) is 89.0 Å². The molecule has 6 rings (SSSR count). The Labute approximate surface area is 325 Å². The van der Waals surface area contributed by atoms with Crippen molar-refractivity contribution in [1.82, 2.24) is 5.32 Å². The summed E-state index contributed by atoms with van der Waals surface area (Å²) in [4.78, 5) is 13.3. The van der Waals surface area contributed by atoms with Crippen molar-refractivity contribution < 1.29 is 45.7 Å². The zero-order valence-electron chi connectivity index (χ0n) is 31.0. The molecule has 1 amide bonds. The Hall–Kier alpha value is -5.56. The van der Waals surface area contributed by atoms with E-state index in [0.717, 1.165) is 13.8 Å². The molecule has 0 fully saturated rings. The van der Waals surface area contributed by atoms with E-state index in [1.807, 2.05) is 0 Å². The SMILES string of the molecule is CC(F)(F)c1cccc(CC(N)C(O)c2ccc(F)cc2)c1.CC(F)(F)c1cccc(CC(NC(=O)c2ccc(F)c3ccccc23)C(O)c2ccc(F)cc2)c1. The summed E-state index contributed by atoms with van der Waals surface area (Å²) in [6.45, 7) is 1.62. The third kappa shape index (κ3) is 11.3. The molecular weight excluding hydrogens is 749 g/mol. The van der Waals surface area contributed by atoms with Crippen LogP contribution in [-0.2, 0) is 24.7 Å². The number of nitrogens with one attached hydrogen (secondary N) is 1. The van der Waals surface area contributed by atoms with Crippen LogP contribution in [0.15, 0.2) is 133 Å². The van der Waals surface area contributed by atoms with Crippen LogP contribution in [0, 0.1) is 17.5 Å². The van der Waals surface area contributed by atoms with E-state index < -0.39 is 59.5 Å². The second-order valence-electron chi connectivity index (χ2n) is 14.0. The molecule has 0 saturated carbocycles. The molecule has 5 nitrogen and oxygen atoms in total. The van der Waals surface area contributed by atoms with Crippen LogP contribution < -0.4 is 11.1 Å². The number of halogens is 7. The van der Waals surface area contributed by atoms with Gasteiger partial charge < -0.3 is 21.3 Å². The van der Waals surface area contributed by atoms with Gasteiger partial charge in [0.1, 0.15) is 17.5 Å². The molecule has 0 spiro atoms. The molecule has 298 valence electrons. The number of nitrogens with two attached hydrogens (primary N) is 1. The van der Waals surface area contributed by atoms with Crippen LogP contribution in [0.5, 0.6) is 0 Å². The summed E-state index contributed by atoms with van der Waals surface area (Å²) in [7, 11) is 0. The van der Waals surface area contributed by atoms with E-state index >= 15 is 0 Å². The van der Waals surface area contributed by atoms with Crippen molar-refractivity contribution in [3.63, 3.8) is 0 Å².